The molecule has 0 bridgehead atoms. The van der Waals surface area contributed by atoms with Gasteiger partial charge in [0.15, 0.2) is 0 Å². The largest absolute Gasteiger partial charge is 0.495 e. The Morgan fingerprint density at radius 1 is 1.58 bits per heavy atom. The Balaban J connectivity index is 2.14. The van der Waals surface area contributed by atoms with Crippen LogP contribution in [-0.4, -0.2) is 50.3 Å². The molecule has 0 aromatic carbocycles. The first kappa shape index (κ1) is 14.3. The van der Waals surface area contributed by atoms with Crippen LogP contribution in [0.5, 0.6) is 5.75 Å². The van der Waals surface area contributed by atoms with Crippen LogP contribution in [-0.2, 0) is 4.74 Å². The minimum atomic E-state index is 0.0110. The summed E-state index contributed by atoms with van der Waals surface area (Å²) in [7, 11) is 3.29. The van der Waals surface area contributed by atoms with Crippen LogP contribution in [0, 0.1) is 0 Å². The van der Waals surface area contributed by atoms with E-state index in [1.807, 2.05) is 16.3 Å². The number of hydrogen-bond acceptors (Lipinski definition) is 5. The molecule has 0 saturated carbocycles. The van der Waals surface area contributed by atoms with Gasteiger partial charge in [0, 0.05) is 26.2 Å². The van der Waals surface area contributed by atoms with Gasteiger partial charge in [0.25, 0.3) is 5.91 Å². The van der Waals surface area contributed by atoms with Crippen LogP contribution in [0.4, 0.5) is 0 Å². The number of nitrogens with zero attached hydrogens (tertiary/aromatic N) is 1. The molecule has 1 fully saturated rings. The number of amides is 1. The molecule has 1 saturated heterocycles. The molecule has 2 unspecified atom stereocenters. The second kappa shape index (κ2) is 6.36. The lowest BCUT2D eigenvalue weighted by Gasteiger charge is -2.38. The van der Waals surface area contributed by atoms with E-state index in [0.29, 0.717) is 23.7 Å². The Kier molecular flexibility index (Phi) is 4.79. The summed E-state index contributed by atoms with van der Waals surface area (Å²) in [5.74, 6) is 0.650. The maximum absolute atomic E-state index is 12.6. The summed E-state index contributed by atoms with van der Waals surface area (Å²) in [5, 5.41) is 1.87. The van der Waals surface area contributed by atoms with Crippen LogP contribution >= 0.6 is 11.3 Å². The Hall–Kier alpha value is -1.11. The molecular formula is C13H20N2O3S. The summed E-state index contributed by atoms with van der Waals surface area (Å²) in [4.78, 5) is 15.1. The molecule has 2 heterocycles. The fraction of sp³-hybridized carbons (Fsp3) is 0.615. The summed E-state index contributed by atoms with van der Waals surface area (Å²) in [5.41, 5.74) is 5.80. The number of carbonyl (C=O) groups excluding carboxylic acids is 1. The molecule has 6 heteroatoms. The highest BCUT2D eigenvalue weighted by molar-refractivity contribution is 7.12. The van der Waals surface area contributed by atoms with Gasteiger partial charge in [0.2, 0.25) is 0 Å². The normalized spacial score (nSPS) is 23.4. The van der Waals surface area contributed by atoms with E-state index in [-0.39, 0.29) is 18.1 Å². The van der Waals surface area contributed by atoms with Crippen molar-refractivity contribution in [1.82, 2.24) is 4.90 Å². The molecule has 1 aromatic rings. The van der Waals surface area contributed by atoms with Crippen molar-refractivity contribution in [3.63, 3.8) is 0 Å². The number of ether oxygens (including phenoxy) is 2. The van der Waals surface area contributed by atoms with Gasteiger partial charge >= 0.3 is 0 Å². The van der Waals surface area contributed by atoms with Gasteiger partial charge in [0.1, 0.15) is 10.6 Å². The van der Waals surface area contributed by atoms with E-state index in [9.17, 15) is 4.79 Å². The average Bonchev–Trinajstić information content (AvgIpc) is 2.94. The van der Waals surface area contributed by atoms with Crippen LogP contribution in [0.2, 0.25) is 0 Å². The van der Waals surface area contributed by atoms with E-state index in [1.54, 1.807) is 14.2 Å². The number of rotatable bonds is 4. The van der Waals surface area contributed by atoms with Crippen LogP contribution in [0.3, 0.4) is 0 Å². The maximum Gasteiger partial charge on any atom is 0.268 e. The molecule has 1 aliphatic rings. The number of likely N-dealkylation sites (tertiary alicyclic amines) is 1. The molecule has 0 spiro atoms. The Morgan fingerprint density at radius 3 is 3.00 bits per heavy atom. The van der Waals surface area contributed by atoms with E-state index in [0.717, 1.165) is 12.8 Å². The van der Waals surface area contributed by atoms with Crippen LogP contribution in [0.15, 0.2) is 11.4 Å². The Morgan fingerprint density at radius 2 is 2.37 bits per heavy atom. The van der Waals surface area contributed by atoms with Crippen molar-refractivity contribution >= 4 is 17.2 Å². The average molecular weight is 284 g/mol. The fourth-order valence-corrected chi connectivity index (χ4v) is 3.28. The molecule has 2 rings (SSSR count). The summed E-state index contributed by atoms with van der Waals surface area (Å²) in [6.07, 6.45) is 1.85. The standard InChI is InChI=1S/C13H20N2O3S/c1-17-10-3-5-15(9(7-10)8-14)13(16)12-11(18-2)4-6-19-12/h4,6,9-10H,3,5,7-8,14H2,1-2H3. The number of nitrogens with two attached hydrogens (primary N) is 1. The maximum atomic E-state index is 12.6. The highest BCUT2D eigenvalue weighted by Crippen LogP contribution is 2.29. The molecule has 1 amide bonds. The van der Waals surface area contributed by atoms with Gasteiger partial charge in [-0.1, -0.05) is 0 Å². The van der Waals surface area contributed by atoms with Crippen molar-refractivity contribution in [3.05, 3.63) is 16.3 Å². The van der Waals surface area contributed by atoms with Crippen LogP contribution in [0.1, 0.15) is 22.5 Å². The van der Waals surface area contributed by atoms with Crippen molar-refractivity contribution in [2.45, 2.75) is 25.0 Å². The minimum absolute atomic E-state index is 0.0110. The summed E-state index contributed by atoms with van der Waals surface area (Å²) in [6.45, 7) is 1.14. The molecule has 106 valence electrons. The van der Waals surface area contributed by atoms with Crippen molar-refractivity contribution < 1.29 is 14.3 Å². The summed E-state index contributed by atoms with van der Waals surface area (Å²) < 4.78 is 10.6. The predicted octanol–water partition coefficient (Wildman–Crippen LogP) is 1.33. The van der Waals surface area contributed by atoms with E-state index < -0.39 is 0 Å². The lowest BCUT2D eigenvalue weighted by molar-refractivity contribution is 0.0140. The zero-order valence-corrected chi connectivity index (χ0v) is 12.1. The molecular weight excluding hydrogens is 264 g/mol. The Bertz CT molecular complexity index is 435. The summed E-state index contributed by atoms with van der Waals surface area (Å²) >= 11 is 1.41. The van der Waals surface area contributed by atoms with Gasteiger partial charge in [-0.2, -0.15) is 0 Å². The minimum Gasteiger partial charge on any atom is -0.495 e. The van der Waals surface area contributed by atoms with Gasteiger partial charge in [-0.15, -0.1) is 11.3 Å². The van der Waals surface area contributed by atoms with E-state index in [2.05, 4.69) is 0 Å². The zero-order chi connectivity index (χ0) is 13.8. The van der Waals surface area contributed by atoms with E-state index in [1.165, 1.54) is 11.3 Å². The third-order valence-corrected chi connectivity index (χ3v) is 4.46. The van der Waals surface area contributed by atoms with Gasteiger partial charge < -0.3 is 20.1 Å². The van der Waals surface area contributed by atoms with E-state index in [4.69, 9.17) is 15.2 Å². The second-order valence-corrected chi connectivity index (χ2v) is 5.50. The first-order valence-electron chi connectivity index (χ1n) is 6.36. The van der Waals surface area contributed by atoms with Crippen molar-refractivity contribution in [2.75, 3.05) is 27.3 Å². The first-order valence-corrected chi connectivity index (χ1v) is 7.24. The highest BCUT2D eigenvalue weighted by Gasteiger charge is 2.32. The lowest BCUT2D eigenvalue weighted by Crippen LogP contribution is -2.51. The van der Waals surface area contributed by atoms with Crippen LogP contribution < -0.4 is 10.5 Å². The molecule has 0 radical (unpaired) electrons. The molecule has 2 N–H and O–H groups in total. The molecule has 5 nitrogen and oxygen atoms in total. The van der Waals surface area contributed by atoms with Gasteiger partial charge in [0.05, 0.1) is 13.2 Å². The number of hydrogen-bond donors (Lipinski definition) is 1. The van der Waals surface area contributed by atoms with Gasteiger partial charge in [-0.05, 0) is 24.3 Å². The number of piperidine rings is 1. The molecule has 19 heavy (non-hydrogen) atoms. The first-order chi connectivity index (χ1) is 9.21. The highest BCUT2D eigenvalue weighted by atomic mass is 32.1. The lowest BCUT2D eigenvalue weighted by atomic mass is 9.99. The summed E-state index contributed by atoms with van der Waals surface area (Å²) in [6, 6.07) is 1.86. The second-order valence-electron chi connectivity index (χ2n) is 4.59. The van der Waals surface area contributed by atoms with Crippen molar-refractivity contribution in [1.29, 1.82) is 0 Å². The third kappa shape index (κ3) is 2.91. The quantitative estimate of drug-likeness (QED) is 0.906. The van der Waals surface area contributed by atoms with Crippen molar-refractivity contribution in [3.8, 4) is 5.75 Å². The van der Waals surface area contributed by atoms with E-state index >= 15 is 0 Å². The monoisotopic (exact) mass is 284 g/mol. The number of carbonyl (C=O) groups is 1. The predicted molar refractivity (Wildman–Crippen MR) is 74.8 cm³/mol. The molecule has 0 aliphatic carbocycles. The topological polar surface area (TPSA) is 64.8 Å². The fourth-order valence-electron chi connectivity index (χ4n) is 2.46. The smallest absolute Gasteiger partial charge is 0.268 e. The van der Waals surface area contributed by atoms with Crippen LogP contribution in [0.25, 0.3) is 0 Å². The third-order valence-electron chi connectivity index (χ3n) is 3.58. The zero-order valence-electron chi connectivity index (χ0n) is 11.3. The molecule has 1 aromatic heterocycles. The molecule has 1 aliphatic heterocycles. The van der Waals surface area contributed by atoms with Gasteiger partial charge in [-0.25, -0.2) is 0 Å². The molecule has 2 atom stereocenters. The number of methoxy groups -OCH3 is 2. The van der Waals surface area contributed by atoms with Gasteiger partial charge in [-0.3, -0.25) is 4.79 Å². The Labute approximate surface area is 117 Å². The number of thiophene rings is 1. The van der Waals surface area contributed by atoms with Crippen molar-refractivity contribution in [2.24, 2.45) is 5.73 Å². The SMILES string of the molecule is COc1ccsc1C(=O)N1CCC(OC)CC1CN.